The highest BCUT2D eigenvalue weighted by atomic mass is 16.3. The molecule has 0 unspecified atom stereocenters. The van der Waals surface area contributed by atoms with Crippen molar-refractivity contribution in [3.8, 4) is 61.6 Å². The molecule has 3 heteroatoms. The fourth-order valence-electron chi connectivity index (χ4n) is 8.62. The maximum atomic E-state index is 6.80. The van der Waals surface area contributed by atoms with Crippen molar-refractivity contribution in [2.24, 2.45) is 0 Å². The molecule has 0 saturated heterocycles. The molecule has 0 aliphatic heterocycles. The van der Waals surface area contributed by atoms with Crippen molar-refractivity contribution in [3.05, 3.63) is 206 Å². The summed E-state index contributed by atoms with van der Waals surface area (Å²) >= 11 is 0. The molecule has 0 spiro atoms. The lowest BCUT2D eigenvalue weighted by Gasteiger charge is -2.15. The van der Waals surface area contributed by atoms with Crippen LogP contribution in [0, 0.1) is 6.92 Å². The van der Waals surface area contributed by atoms with Crippen molar-refractivity contribution in [1.82, 2.24) is 9.55 Å². The summed E-state index contributed by atoms with van der Waals surface area (Å²) in [5.41, 5.74) is 17.3. The Morgan fingerprint density at radius 3 is 1.54 bits per heavy atom. The van der Waals surface area contributed by atoms with E-state index >= 15 is 0 Å². The smallest absolute Gasteiger partial charge is 0.137 e. The second-order valence-electron chi connectivity index (χ2n) is 14.8. The van der Waals surface area contributed by atoms with Crippen LogP contribution in [0.25, 0.3) is 105 Å². The monoisotopic (exact) mass is 728 g/mol. The van der Waals surface area contributed by atoms with E-state index in [0.717, 1.165) is 77.9 Å². The maximum Gasteiger partial charge on any atom is 0.137 e. The number of pyridine rings is 1. The zero-order chi connectivity index (χ0) is 37.9. The summed E-state index contributed by atoms with van der Waals surface area (Å²) in [7, 11) is 0. The first-order chi connectivity index (χ1) is 28.2. The van der Waals surface area contributed by atoms with Crippen molar-refractivity contribution in [1.29, 1.82) is 0 Å². The molecule has 0 atom stereocenters. The highest BCUT2D eigenvalue weighted by molar-refractivity contribution is 6.15. The topological polar surface area (TPSA) is 31.0 Å². The molecular weight excluding hydrogens is 693 g/mol. The van der Waals surface area contributed by atoms with Crippen molar-refractivity contribution in [3.63, 3.8) is 0 Å². The second-order valence-corrected chi connectivity index (χ2v) is 14.8. The molecule has 3 nitrogen and oxygen atoms in total. The third-order valence-electron chi connectivity index (χ3n) is 11.4. The minimum absolute atomic E-state index is 0.849. The Bertz CT molecular complexity index is 3170. The van der Waals surface area contributed by atoms with Crippen LogP contribution >= 0.6 is 0 Å². The van der Waals surface area contributed by atoms with E-state index in [-0.39, 0.29) is 0 Å². The minimum atomic E-state index is 0.849. The summed E-state index contributed by atoms with van der Waals surface area (Å²) in [6.45, 7) is 2.19. The van der Waals surface area contributed by atoms with E-state index in [2.05, 4.69) is 206 Å². The average molecular weight is 729 g/mol. The number of aromatic nitrogens is 2. The highest BCUT2D eigenvalue weighted by Crippen LogP contribution is 2.43. The first kappa shape index (κ1) is 32.9. The lowest BCUT2D eigenvalue weighted by atomic mass is 9.92. The molecule has 3 aromatic heterocycles. The van der Waals surface area contributed by atoms with Gasteiger partial charge in [-0.25, -0.2) is 4.98 Å². The minimum Gasteiger partial charge on any atom is -0.456 e. The van der Waals surface area contributed by atoms with E-state index in [1.807, 2.05) is 6.07 Å². The standard InChI is InChI=1S/C54H36N2O/c1-35-47(34-48(38-19-10-4-11-20-38)55-54(35)39-21-12-5-13-22-39)45-23-14-24-51-53(45)46-30-27-42(33-52(46)57-51)56-49-31-40(36-15-6-2-7-16-36)25-28-43(49)44-29-26-41(32-50(44)56)37-17-8-3-9-18-37/h2-34H,1H3. The van der Waals surface area contributed by atoms with E-state index in [1.165, 1.54) is 33.0 Å². The van der Waals surface area contributed by atoms with Gasteiger partial charge in [-0.3, -0.25) is 0 Å². The predicted molar refractivity (Wildman–Crippen MR) is 238 cm³/mol. The van der Waals surface area contributed by atoms with E-state index in [1.54, 1.807) is 0 Å². The number of benzene rings is 8. The Kier molecular flexibility index (Phi) is 7.71. The summed E-state index contributed by atoms with van der Waals surface area (Å²) in [5, 5.41) is 4.62. The Hall–Kier alpha value is -7.49. The van der Waals surface area contributed by atoms with Crippen LogP contribution in [-0.2, 0) is 0 Å². The summed E-state index contributed by atoms with van der Waals surface area (Å²) in [5.74, 6) is 0. The molecule has 0 aliphatic carbocycles. The lowest BCUT2D eigenvalue weighted by Crippen LogP contribution is -1.96. The Labute approximate surface area is 330 Å². The van der Waals surface area contributed by atoms with Gasteiger partial charge in [0.15, 0.2) is 0 Å². The molecule has 0 fully saturated rings. The zero-order valence-corrected chi connectivity index (χ0v) is 31.4. The van der Waals surface area contributed by atoms with E-state index in [4.69, 9.17) is 9.40 Å². The molecule has 0 N–H and O–H groups in total. The molecular formula is C54H36N2O. The predicted octanol–water partition coefficient (Wildman–Crippen LogP) is 14.7. The fraction of sp³-hybridized carbons (Fsp3) is 0.0185. The van der Waals surface area contributed by atoms with Gasteiger partial charge in [0.25, 0.3) is 0 Å². The second kappa shape index (κ2) is 13.4. The molecule has 57 heavy (non-hydrogen) atoms. The molecule has 0 radical (unpaired) electrons. The number of furan rings is 1. The molecule has 0 amide bonds. The number of hydrogen-bond donors (Lipinski definition) is 0. The van der Waals surface area contributed by atoms with Gasteiger partial charge in [-0.1, -0.05) is 158 Å². The van der Waals surface area contributed by atoms with Gasteiger partial charge >= 0.3 is 0 Å². The maximum absolute atomic E-state index is 6.80. The van der Waals surface area contributed by atoms with Crippen molar-refractivity contribution >= 4 is 43.7 Å². The van der Waals surface area contributed by atoms with Gasteiger partial charge in [0.2, 0.25) is 0 Å². The lowest BCUT2D eigenvalue weighted by molar-refractivity contribution is 0.668. The third kappa shape index (κ3) is 5.55. The normalized spacial score (nSPS) is 11.6. The van der Waals surface area contributed by atoms with Gasteiger partial charge in [-0.2, -0.15) is 0 Å². The molecule has 0 bridgehead atoms. The van der Waals surface area contributed by atoms with Gasteiger partial charge in [-0.05, 0) is 82.3 Å². The molecule has 268 valence electrons. The van der Waals surface area contributed by atoms with E-state index in [9.17, 15) is 0 Å². The molecule has 3 heterocycles. The van der Waals surface area contributed by atoms with Crippen LogP contribution in [0.2, 0.25) is 0 Å². The molecule has 11 rings (SSSR count). The quantitative estimate of drug-likeness (QED) is 0.171. The number of fused-ring (bicyclic) bond motifs is 6. The first-order valence-electron chi connectivity index (χ1n) is 19.5. The van der Waals surface area contributed by atoms with E-state index < -0.39 is 0 Å². The van der Waals surface area contributed by atoms with Crippen molar-refractivity contribution in [2.45, 2.75) is 6.92 Å². The van der Waals surface area contributed by atoms with Crippen molar-refractivity contribution in [2.75, 3.05) is 0 Å². The van der Waals surface area contributed by atoms with Gasteiger partial charge in [0.05, 0.1) is 22.4 Å². The van der Waals surface area contributed by atoms with Crippen LogP contribution in [0.1, 0.15) is 5.56 Å². The SMILES string of the molecule is Cc1c(-c2cccc3oc4cc(-n5c6cc(-c7ccccc7)ccc6c6ccc(-c7ccccc7)cc65)ccc4c23)cc(-c2ccccc2)nc1-c1ccccc1. The van der Waals surface area contributed by atoms with Crippen LogP contribution in [0.4, 0.5) is 0 Å². The van der Waals surface area contributed by atoms with Crippen LogP contribution < -0.4 is 0 Å². The Balaban J connectivity index is 1.13. The number of hydrogen-bond acceptors (Lipinski definition) is 2. The Morgan fingerprint density at radius 1 is 0.404 bits per heavy atom. The van der Waals surface area contributed by atoms with Gasteiger partial charge in [0.1, 0.15) is 11.2 Å². The van der Waals surface area contributed by atoms with Crippen LogP contribution in [-0.4, -0.2) is 9.55 Å². The summed E-state index contributed by atoms with van der Waals surface area (Å²) in [6, 6.07) is 71.2. The van der Waals surface area contributed by atoms with Crippen LogP contribution in [0.5, 0.6) is 0 Å². The van der Waals surface area contributed by atoms with E-state index in [0.29, 0.717) is 0 Å². The first-order valence-corrected chi connectivity index (χ1v) is 19.5. The van der Waals surface area contributed by atoms with Crippen LogP contribution in [0.15, 0.2) is 205 Å². The average Bonchev–Trinajstić information content (AvgIpc) is 3.82. The number of nitrogens with zero attached hydrogens (tertiary/aromatic N) is 2. The van der Waals surface area contributed by atoms with Gasteiger partial charge in [-0.15, -0.1) is 0 Å². The Morgan fingerprint density at radius 2 is 0.947 bits per heavy atom. The molecule has 8 aromatic carbocycles. The number of rotatable bonds is 6. The largest absolute Gasteiger partial charge is 0.456 e. The van der Waals surface area contributed by atoms with Crippen molar-refractivity contribution < 1.29 is 4.42 Å². The summed E-state index contributed by atoms with van der Waals surface area (Å²) in [4.78, 5) is 5.24. The summed E-state index contributed by atoms with van der Waals surface area (Å²) in [6.07, 6.45) is 0. The molecule has 0 aliphatic rings. The fourth-order valence-corrected chi connectivity index (χ4v) is 8.62. The molecule has 11 aromatic rings. The summed E-state index contributed by atoms with van der Waals surface area (Å²) < 4.78 is 9.21. The van der Waals surface area contributed by atoms with Gasteiger partial charge in [0, 0.05) is 44.4 Å². The van der Waals surface area contributed by atoms with Gasteiger partial charge < -0.3 is 8.98 Å². The highest BCUT2D eigenvalue weighted by Gasteiger charge is 2.20. The zero-order valence-electron chi connectivity index (χ0n) is 31.4. The third-order valence-corrected chi connectivity index (χ3v) is 11.4. The molecule has 0 saturated carbocycles. The van der Waals surface area contributed by atoms with Crippen LogP contribution in [0.3, 0.4) is 0 Å².